The Labute approximate surface area is 139 Å². The van der Waals surface area contributed by atoms with E-state index >= 15 is 0 Å². The molecule has 5 heteroatoms. The Morgan fingerprint density at radius 3 is 2.86 bits per heavy atom. The summed E-state index contributed by atoms with van der Waals surface area (Å²) < 4.78 is 2.99. The molecule has 3 nitrogen and oxygen atoms in total. The van der Waals surface area contributed by atoms with Crippen molar-refractivity contribution in [2.45, 2.75) is 32.2 Å². The lowest BCUT2D eigenvalue weighted by atomic mass is 10.0. The molecule has 1 aromatic heterocycles. The van der Waals surface area contributed by atoms with Gasteiger partial charge in [0, 0.05) is 34.5 Å². The van der Waals surface area contributed by atoms with E-state index in [0.29, 0.717) is 0 Å². The Morgan fingerprint density at radius 2 is 2.19 bits per heavy atom. The Morgan fingerprint density at radius 1 is 1.38 bits per heavy atom. The van der Waals surface area contributed by atoms with Crippen LogP contribution < -0.4 is 5.32 Å². The minimum Gasteiger partial charge on any atom is -0.310 e. The van der Waals surface area contributed by atoms with Gasteiger partial charge in [-0.3, -0.25) is 4.68 Å². The van der Waals surface area contributed by atoms with E-state index in [2.05, 4.69) is 45.4 Å². The fraction of sp³-hybridized carbons (Fsp3) is 0.438. The van der Waals surface area contributed by atoms with Crippen LogP contribution in [0.2, 0.25) is 5.02 Å². The maximum Gasteiger partial charge on any atom is 0.0492 e. The summed E-state index contributed by atoms with van der Waals surface area (Å²) in [5.41, 5.74) is 2.39. The molecule has 0 fully saturated rings. The fourth-order valence-corrected chi connectivity index (χ4v) is 3.03. The second-order valence-corrected chi connectivity index (χ2v) is 6.48. The van der Waals surface area contributed by atoms with Crippen molar-refractivity contribution in [3.05, 3.63) is 51.2 Å². The average Bonchev–Trinajstić information content (AvgIpc) is 2.87. The van der Waals surface area contributed by atoms with Gasteiger partial charge in [-0.25, -0.2) is 0 Å². The first-order chi connectivity index (χ1) is 10.1. The molecule has 0 spiro atoms. The lowest BCUT2D eigenvalue weighted by molar-refractivity contribution is 0.491. The van der Waals surface area contributed by atoms with E-state index in [1.54, 1.807) is 0 Å². The normalized spacial score (nSPS) is 12.6. The second-order valence-electron chi connectivity index (χ2n) is 5.16. The molecule has 114 valence electrons. The van der Waals surface area contributed by atoms with Crippen LogP contribution in [-0.4, -0.2) is 16.3 Å². The lowest BCUT2D eigenvalue weighted by Crippen LogP contribution is -2.23. The molecular weight excluding hydrogens is 350 g/mol. The van der Waals surface area contributed by atoms with Crippen molar-refractivity contribution >= 4 is 27.5 Å². The maximum atomic E-state index is 6.38. The molecule has 0 bridgehead atoms. The van der Waals surface area contributed by atoms with Crippen LogP contribution in [0.4, 0.5) is 0 Å². The Hall–Kier alpha value is -0.840. The van der Waals surface area contributed by atoms with Crippen molar-refractivity contribution in [3.63, 3.8) is 0 Å². The van der Waals surface area contributed by atoms with Gasteiger partial charge in [0.2, 0.25) is 0 Å². The lowest BCUT2D eigenvalue weighted by Gasteiger charge is -2.20. The van der Waals surface area contributed by atoms with Gasteiger partial charge in [-0.05, 0) is 55.6 Å². The van der Waals surface area contributed by atoms with E-state index in [9.17, 15) is 0 Å². The van der Waals surface area contributed by atoms with Crippen LogP contribution in [0.15, 0.2) is 34.9 Å². The number of rotatable bonds is 7. The van der Waals surface area contributed by atoms with Gasteiger partial charge < -0.3 is 5.32 Å². The molecule has 0 aliphatic carbocycles. The van der Waals surface area contributed by atoms with Gasteiger partial charge in [-0.2, -0.15) is 5.10 Å². The van der Waals surface area contributed by atoms with E-state index in [-0.39, 0.29) is 6.04 Å². The fourth-order valence-electron chi connectivity index (χ4n) is 2.41. The monoisotopic (exact) mass is 369 g/mol. The van der Waals surface area contributed by atoms with E-state index < -0.39 is 0 Å². The zero-order valence-electron chi connectivity index (χ0n) is 12.4. The van der Waals surface area contributed by atoms with Crippen LogP contribution in [0.25, 0.3) is 0 Å². The number of aryl methyl sites for hydroxylation is 2. The summed E-state index contributed by atoms with van der Waals surface area (Å²) in [6.45, 7) is 3.16. The molecule has 0 aliphatic heterocycles. The van der Waals surface area contributed by atoms with Gasteiger partial charge in [-0.1, -0.05) is 34.5 Å². The van der Waals surface area contributed by atoms with Gasteiger partial charge in [0.15, 0.2) is 0 Å². The molecule has 1 aromatic carbocycles. The SMILES string of the molecule is CCCNC(CCc1ccnn1C)c1cc(Br)ccc1Cl. The number of aromatic nitrogens is 2. The molecule has 0 amide bonds. The molecule has 0 aliphatic rings. The Balaban J connectivity index is 2.13. The zero-order chi connectivity index (χ0) is 15.2. The zero-order valence-corrected chi connectivity index (χ0v) is 14.8. The first kappa shape index (κ1) is 16.5. The number of halogens is 2. The third kappa shape index (κ3) is 4.56. The minimum atomic E-state index is 0.254. The standard InChI is InChI=1S/C16H21BrClN3/c1-3-9-19-16(7-5-13-8-10-20-21(13)2)14-11-12(17)4-6-15(14)18/h4,6,8,10-11,16,19H,3,5,7,9H2,1-2H3. The molecule has 1 heterocycles. The molecule has 0 radical (unpaired) electrons. The van der Waals surface area contributed by atoms with Crippen LogP contribution >= 0.6 is 27.5 Å². The predicted octanol–water partition coefficient (Wildman–Crippen LogP) is 4.51. The number of nitrogens with zero attached hydrogens (tertiary/aromatic N) is 2. The van der Waals surface area contributed by atoms with Gasteiger partial charge in [0.25, 0.3) is 0 Å². The first-order valence-corrected chi connectivity index (χ1v) is 8.44. The summed E-state index contributed by atoms with van der Waals surface area (Å²) >= 11 is 9.92. The van der Waals surface area contributed by atoms with Gasteiger partial charge in [0.05, 0.1) is 0 Å². The van der Waals surface area contributed by atoms with Crippen molar-refractivity contribution in [2.75, 3.05) is 6.54 Å². The number of nitrogens with one attached hydrogen (secondary N) is 1. The second kappa shape index (κ2) is 7.97. The van der Waals surface area contributed by atoms with Crippen LogP contribution in [0.1, 0.15) is 37.1 Å². The van der Waals surface area contributed by atoms with E-state index in [0.717, 1.165) is 40.9 Å². The summed E-state index contributed by atoms with van der Waals surface area (Å²) in [4.78, 5) is 0. The summed E-state index contributed by atoms with van der Waals surface area (Å²) in [5.74, 6) is 0. The topological polar surface area (TPSA) is 29.9 Å². The third-order valence-electron chi connectivity index (χ3n) is 3.59. The summed E-state index contributed by atoms with van der Waals surface area (Å²) in [6.07, 6.45) is 4.92. The maximum absolute atomic E-state index is 6.38. The van der Waals surface area contributed by atoms with Gasteiger partial charge >= 0.3 is 0 Å². The summed E-state index contributed by atoms with van der Waals surface area (Å²) in [6, 6.07) is 8.36. The largest absolute Gasteiger partial charge is 0.310 e. The van der Waals surface area contributed by atoms with Crippen molar-refractivity contribution in [1.82, 2.24) is 15.1 Å². The molecular formula is C16H21BrClN3. The third-order valence-corrected chi connectivity index (χ3v) is 4.42. The van der Waals surface area contributed by atoms with Crippen LogP contribution in [-0.2, 0) is 13.5 Å². The highest BCUT2D eigenvalue weighted by Crippen LogP contribution is 2.29. The van der Waals surface area contributed by atoms with Crippen LogP contribution in [0.3, 0.4) is 0 Å². The van der Waals surface area contributed by atoms with E-state index in [4.69, 9.17) is 11.6 Å². The Kier molecular flexibility index (Phi) is 6.27. The first-order valence-electron chi connectivity index (χ1n) is 7.27. The van der Waals surface area contributed by atoms with Gasteiger partial charge in [-0.15, -0.1) is 0 Å². The molecule has 1 unspecified atom stereocenters. The molecule has 0 saturated carbocycles. The molecule has 0 saturated heterocycles. The predicted molar refractivity (Wildman–Crippen MR) is 91.7 cm³/mol. The van der Waals surface area contributed by atoms with Crippen LogP contribution in [0, 0.1) is 0 Å². The van der Waals surface area contributed by atoms with E-state index in [1.165, 1.54) is 5.69 Å². The minimum absolute atomic E-state index is 0.254. The number of hydrogen-bond acceptors (Lipinski definition) is 2. The molecule has 2 rings (SSSR count). The highest BCUT2D eigenvalue weighted by atomic mass is 79.9. The van der Waals surface area contributed by atoms with Crippen molar-refractivity contribution < 1.29 is 0 Å². The molecule has 21 heavy (non-hydrogen) atoms. The van der Waals surface area contributed by atoms with Crippen molar-refractivity contribution in [1.29, 1.82) is 0 Å². The molecule has 1 atom stereocenters. The van der Waals surface area contributed by atoms with Crippen molar-refractivity contribution in [2.24, 2.45) is 7.05 Å². The Bertz CT molecular complexity index is 583. The quantitative estimate of drug-likeness (QED) is 0.777. The highest BCUT2D eigenvalue weighted by Gasteiger charge is 2.15. The molecule has 2 aromatic rings. The van der Waals surface area contributed by atoms with E-state index in [1.807, 2.05) is 30.1 Å². The van der Waals surface area contributed by atoms with Crippen molar-refractivity contribution in [3.8, 4) is 0 Å². The van der Waals surface area contributed by atoms with Gasteiger partial charge in [0.1, 0.15) is 0 Å². The number of hydrogen-bond donors (Lipinski definition) is 1. The molecule has 1 N–H and O–H groups in total. The average molecular weight is 371 g/mol. The summed E-state index contributed by atoms with van der Waals surface area (Å²) in [5, 5.41) is 8.64. The highest BCUT2D eigenvalue weighted by molar-refractivity contribution is 9.10. The number of benzene rings is 1. The summed E-state index contributed by atoms with van der Waals surface area (Å²) in [7, 11) is 1.98. The van der Waals surface area contributed by atoms with Crippen LogP contribution in [0.5, 0.6) is 0 Å². The smallest absolute Gasteiger partial charge is 0.0492 e.